The topological polar surface area (TPSA) is 93.3 Å². The van der Waals surface area contributed by atoms with Crippen molar-refractivity contribution in [3.05, 3.63) is 41.6 Å². The van der Waals surface area contributed by atoms with Gasteiger partial charge in [0.1, 0.15) is 52.7 Å². The normalized spacial score (nSPS) is 23.3. The minimum Gasteiger partial charge on any atom is -0.461 e. The van der Waals surface area contributed by atoms with E-state index in [1.165, 1.54) is 0 Å². The first-order chi connectivity index (χ1) is 19.6. The van der Waals surface area contributed by atoms with Gasteiger partial charge in [0, 0.05) is 38.3 Å². The highest BCUT2D eigenvalue weighted by Gasteiger charge is 2.49. The summed E-state index contributed by atoms with van der Waals surface area (Å²) >= 11 is 0. The zero-order valence-electron chi connectivity index (χ0n) is 21.9. The number of aromatic nitrogens is 4. The molecule has 41 heavy (non-hydrogen) atoms. The fourth-order valence-electron chi connectivity index (χ4n) is 6.13. The van der Waals surface area contributed by atoms with Crippen LogP contribution < -0.4 is 15.4 Å². The van der Waals surface area contributed by atoms with Crippen molar-refractivity contribution < 1.29 is 31.1 Å². The van der Waals surface area contributed by atoms with Gasteiger partial charge in [-0.25, -0.2) is 18.2 Å². The summed E-state index contributed by atoms with van der Waals surface area (Å²) in [6.07, 6.45) is 2.26. The lowest BCUT2D eigenvalue weighted by molar-refractivity contribution is -0.139. The second kappa shape index (κ2) is 10.3. The number of anilines is 2. The van der Waals surface area contributed by atoms with Crippen molar-refractivity contribution in [2.45, 2.75) is 50.0 Å². The lowest BCUT2D eigenvalue weighted by Gasteiger charge is -2.31. The number of pyridine rings is 2. The van der Waals surface area contributed by atoms with Crippen molar-refractivity contribution in [2.75, 3.05) is 43.4 Å². The van der Waals surface area contributed by atoms with Gasteiger partial charge in [0.15, 0.2) is 5.82 Å². The van der Waals surface area contributed by atoms with Gasteiger partial charge in [-0.3, -0.25) is 9.88 Å². The quantitative estimate of drug-likeness (QED) is 0.331. The second-order valence-electron chi connectivity index (χ2n) is 10.7. The molecule has 0 aliphatic carbocycles. The molecule has 3 aromatic heterocycles. The Kier molecular flexibility index (Phi) is 6.91. The number of ether oxygens (including phenoxy) is 1. The molecule has 6 rings (SSSR count). The van der Waals surface area contributed by atoms with Crippen LogP contribution in [0.5, 0.6) is 6.01 Å². The van der Waals surface area contributed by atoms with Crippen molar-refractivity contribution in [1.29, 1.82) is 0 Å². The summed E-state index contributed by atoms with van der Waals surface area (Å²) in [4.78, 5) is 20.3. The van der Waals surface area contributed by atoms with E-state index in [-0.39, 0.29) is 23.5 Å². The van der Waals surface area contributed by atoms with E-state index in [1.807, 2.05) is 22.0 Å². The Morgan fingerprint density at radius 3 is 2.54 bits per heavy atom. The zero-order chi connectivity index (χ0) is 28.9. The smallest absolute Gasteiger partial charge is 0.421 e. The van der Waals surface area contributed by atoms with Gasteiger partial charge in [-0.1, -0.05) is 12.2 Å². The molecule has 0 saturated carbocycles. The first kappa shape index (κ1) is 27.5. The van der Waals surface area contributed by atoms with Crippen LogP contribution >= 0.6 is 0 Å². The van der Waals surface area contributed by atoms with E-state index in [0.717, 1.165) is 25.6 Å². The van der Waals surface area contributed by atoms with Crippen LogP contribution in [0.25, 0.3) is 22.3 Å². The SMILES string of the molecule is Nc1cc(F)c(C(F)(F)F)c(-c2ncc3c(N4CCC=CCC4)nc(OCC45CCCN4CC(F)C5)nc3c2F)n1. The largest absolute Gasteiger partial charge is 0.461 e. The number of hydrogen-bond donors (Lipinski definition) is 1. The monoisotopic (exact) mass is 579 g/mol. The Morgan fingerprint density at radius 1 is 1.05 bits per heavy atom. The molecule has 0 radical (unpaired) electrons. The number of hydrogen-bond acceptors (Lipinski definition) is 8. The number of rotatable bonds is 5. The molecule has 0 spiro atoms. The number of nitrogens with zero attached hydrogens (tertiary/aromatic N) is 6. The third-order valence-electron chi connectivity index (χ3n) is 7.97. The molecular formula is C27H27F6N7O. The molecule has 218 valence electrons. The molecule has 2 unspecified atom stereocenters. The molecule has 8 nitrogen and oxygen atoms in total. The molecule has 2 N–H and O–H groups in total. The number of halogens is 6. The maximum absolute atomic E-state index is 16.1. The van der Waals surface area contributed by atoms with Crippen LogP contribution in [-0.2, 0) is 6.18 Å². The molecule has 0 aromatic carbocycles. The highest BCUT2D eigenvalue weighted by Crippen LogP contribution is 2.42. The molecule has 2 atom stereocenters. The number of nitrogen functional groups attached to an aromatic ring is 1. The highest BCUT2D eigenvalue weighted by atomic mass is 19.4. The first-order valence-corrected chi connectivity index (χ1v) is 13.4. The van der Waals surface area contributed by atoms with Crippen molar-refractivity contribution in [3.8, 4) is 17.4 Å². The molecule has 3 aromatic rings. The fourth-order valence-corrected chi connectivity index (χ4v) is 6.13. The van der Waals surface area contributed by atoms with Crippen LogP contribution in [0, 0.1) is 11.6 Å². The predicted molar refractivity (Wildman–Crippen MR) is 139 cm³/mol. The maximum atomic E-state index is 16.1. The Balaban J connectivity index is 1.47. The minimum atomic E-state index is -5.20. The van der Waals surface area contributed by atoms with Crippen LogP contribution in [-0.4, -0.2) is 69.3 Å². The maximum Gasteiger partial charge on any atom is 0.421 e. The standard InChI is InChI=1S/C27H27F6N7O/c28-15-11-26(6-5-9-40(26)13-15)14-41-25-37-21-16(24(38-25)39-7-3-1-2-4-8-39)12-35-23(20(21)30)22-19(27(31,32)33)17(29)10-18(34)36-22/h1-2,10,12,15H,3-9,11,13-14H2,(H2,34,36). The molecule has 14 heteroatoms. The number of alkyl halides is 4. The van der Waals surface area contributed by atoms with E-state index >= 15 is 4.39 Å². The predicted octanol–water partition coefficient (Wildman–Crippen LogP) is 5.08. The number of nitrogens with two attached hydrogens (primary N) is 1. The van der Waals surface area contributed by atoms with Gasteiger partial charge < -0.3 is 15.4 Å². The van der Waals surface area contributed by atoms with E-state index in [1.54, 1.807) is 0 Å². The third kappa shape index (κ3) is 5.02. The molecule has 0 bridgehead atoms. The van der Waals surface area contributed by atoms with Crippen LogP contribution in [0.4, 0.5) is 38.0 Å². The molecule has 2 saturated heterocycles. The fraction of sp³-hybridized carbons (Fsp3) is 0.481. The van der Waals surface area contributed by atoms with Crippen molar-refractivity contribution >= 4 is 22.5 Å². The molecule has 3 aliphatic heterocycles. The molecule has 2 fully saturated rings. The second-order valence-corrected chi connectivity index (χ2v) is 10.7. The van der Waals surface area contributed by atoms with E-state index in [2.05, 4.69) is 19.9 Å². The zero-order valence-corrected chi connectivity index (χ0v) is 21.9. The average molecular weight is 580 g/mol. The van der Waals surface area contributed by atoms with Crippen molar-refractivity contribution in [1.82, 2.24) is 24.8 Å². The van der Waals surface area contributed by atoms with Crippen molar-refractivity contribution in [3.63, 3.8) is 0 Å². The summed E-state index contributed by atoms with van der Waals surface area (Å²) in [6, 6.07) is 0.216. The average Bonchev–Trinajstić information content (AvgIpc) is 3.28. The Bertz CT molecular complexity index is 1510. The molecular weight excluding hydrogens is 552 g/mol. The molecule has 0 amide bonds. The van der Waals surface area contributed by atoms with Crippen LogP contribution in [0.3, 0.4) is 0 Å². The van der Waals surface area contributed by atoms with E-state index in [0.29, 0.717) is 50.8 Å². The van der Waals surface area contributed by atoms with Gasteiger partial charge in [-0.05, 0) is 32.2 Å². The molecule has 3 aliphatic rings. The van der Waals surface area contributed by atoms with Gasteiger partial charge in [0.2, 0.25) is 0 Å². The Labute approximate surface area is 231 Å². The summed E-state index contributed by atoms with van der Waals surface area (Å²) in [5.74, 6) is -3.23. The summed E-state index contributed by atoms with van der Waals surface area (Å²) in [6.45, 7) is 2.19. The van der Waals surface area contributed by atoms with E-state index in [4.69, 9.17) is 10.5 Å². The lowest BCUT2D eigenvalue weighted by Crippen LogP contribution is -2.43. The third-order valence-corrected chi connectivity index (χ3v) is 7.97. The summed E-state index contributed by atoms with van der Waals surface area (Å²) in [7, 11) is 0. The summed E-state index contributed by atoms with van der Waals surface area (Å²) in [5, 5.41) is 0.142. The Morgan fingerprint density at radius 2 is 1.80 bits per heavy atom. The van der Waals surface area contributed by atoms with E-state index in [9.17, 15) is 22.0 Å². The van der Waals surface area contributed by atoms with Gasteiger partial charge in [-0.2, -0.15) is 23.1 Å². The van der Waals surface area contributed by atoms with Crippen molar-refractivity contribution in [2.24, 2.45) is 0 Å². The van der Waals surface area contributed by atoms with Gasteiger partial charge in [0.25, 0.3) is 0 Å². The first-order valence-electron chi connectivity index (χ1n) is 13.4. The Hall–Kier alpha value is -3.68. The van der Waals surface area contributed by atoms with E-state index < -0.39 is 52.3 Å². The molecule has 6 heterocycles. The summed E-state index contributed by atoms with van der Waals surface area (Å²) < 4.78 is 92.3. The van der Waals surface area contributed by atoms with Gasteiger partial charge in [-0.15, -0.1) is 0 Å². The van der Waals surface area contributed by atoms with Crippen LogP contribution in [0.15, 0.2) is 24.4 Å². The van der Waals surface area contributed by atoms with Crippen LogP contribution in [0.1, 0.15) is 37.7 Å². The van der Waals surface area contributed by atoms with Gasteiger partial charge >= 0.3 is 12.2 Å². The minimum absolute atomic E-state index is 0.0691. The lowest BCUT2D eigenvalue weighted by atomic mass is 9.95. The number of fused-ring (bicyclic) bond motifs is 2. The van der Waals surface area contributed by atoms with Crippen LogP contribution in [0.2, 0.25) is 0 Å². The van der Waals surface area contributed by atoms with Gasteiger partial charge in [0.05, 0.1) is 10.9 Å². The summed E-state index contributed by atoms with van der Waals surface area (Å²) in [5.41, 5.74) is 0.899. The highest BCUT2D eigenvalue weighted by molar-refractivity contribution is 5.92.